The van der Waals surface area contributed by atoms with Crippen LogP contribution in [-0.4, -0.2) is 27.6 Å². The molecule has 1 aliphatic heterocycles. The Kier molecular flexibility index (Phi) is 8.17. The van der Waals surface area contributed by atoms with Crippen LogP contribution in [0.2, 0.25) is 10.0 Å². The molecule has 210 valence electrons. The molecule has 1 unspecified atom stereocenters. The summed E-state index contributed by atoms with van der Waals surface area (Å²) >= 11 is 15.4. The van der Waals surface area contributed by atoms with Gasteiger partial charge in [-0.2, -0.15) is 5.26 Å². The molecule has 0 saturated heterocycles. The van der Waals surface area contributed by atoms with Gasteiger partial charge in [0.25, 0.3) is 0 Å². The number of aromatic nitrogens is 2. The molecular formula is C29H26Cl2N6O2S2. The standard InChI is InChI=1S/C29H26Cl2N6O2S2/c1-15-6-4-7-16(10-15)34-22(39)14-40-28-36-35-27(41-28)37-20-11-29(2,3)12-21(38)24(20)23(18(13-32)26(37)33)17-8-5-9-19(30)25(17)31/h4-10,23H,11-12,14,33H2,1-3H3,(H,34,39). The van der Waals surface area contributed by atoms with Crippen LogP contribution in [0.25, 0.3) is 0 Å². The van der Waals surface area contributed by atoms with Crippen LogP contribution < -0.4 is 16.0 Å². The number of carbonyl (C=O) groups is 2. The third-order valence-electron chi connectivity index (χ3n) is 6.89. The predicted octanol–water partition coefficient (Wildman–Crippen LogP) is 6.83. The van der Waals surface area contributed by atoms with Gasteiger partial charge in [0.15, 0.2) is 10.1 Å². The van der Waals surface area contributed by atoms with Crippen molar-refractivity contribution in [2.75, 3.05) is 16.0 Å². The van der Waals surface area contributed by atoms with E-state index in [-0.39, 0.29) is 39.3 Å². The summed E-state index contributed by atoms with van der Waals surface area (Å²) in [6.45, 7) is 5.99. The molecule has 0 bridgehead atoms. The summed E-state index contributed by atoms with van der Waals surface area (Å²) in [6.07, 6.45) is 0.823. The van der Waals surface area contributed by atoms with E-state index in [1.807, 2.05) is 45.0 Å². The number of ketones is 1. The van der Waals surface area contributed by atoms with Crippen molar-refractivity contribution in [1.29, 1.82) is 5.26 Å². The highest BCUT2D eigenvalue weighted by Crippen LogP contribution is 2.52. The fraction of sp³-hybridized carbons (Fsp3) is 0.276. The van der Waals surface area contributed by atoms with Crippen LogP contribution in [0, 0.1) is 23.7 Å². The maximum atomic E-state index is 13.7. The number of Topliss-reactive ketones (excluding diaryl/α,β-unsaturated/α-hetero) is 1. The Balaban J connectivity index is 1.49. The number of hydrogen-bond donors (Lipinski definition) is 2. The molecule has 1 amide bonds. The van der Waals surface area contributed by atoms with Gasteiger partial charge >= 0.3 is 0 Å². The molecule has 8 nitrogen and oxygen atoms in total. The van der Waals surface area contributed by atoms with E-state index >= 15 is 0 Å². The van der Waals surface area contributed by atoms with Gasteiger partial charge in [-0.3, -0.25) is 14.5 Å². The number of nitrogens with one attached hydrogen (secondary N) is 1. The molecule has 12 heteroatoms. The van der Waals surface area contributed by atoms with Gasteiger partial charge in [-0.1, -0.05) is 84.4 Å². The van der Waals surface area contributed by atoms with Gasteiger partial charge in [0.05, 0.1) is 33.4 Å². The topological polar surface area (TPSA) is 125 Å². The number of anilines is 2. The zero-order valence-electron chi connectivity index (χ0n) is 22.5. The van der Waals surface area contributed by atoms with E-state index < -0.39 is 5.92 Å². The first-order valence-corrected chi connectivity index (χ1v) is 15.3. The molecule has 2 heterocycles. The summed E-state index contributed by atoms with van der Waals surface area (Å²) in [6, 6.07) is 14.9. The normalized spacial score (nSPS) is 18.3. The zero-order valence-corrected chi connectivity index (χ0v) is 25.6. The molecule has 2 aromatic carbocycles. The van der Waals surface area contributed by atoms with Crippen molar-refractivity contribution in [2.45, 2.75) is 43.9 Å². The van der Waals surface area contributed by atoms with Crippen LogP contribution in [0.15, 0.2) is 69.5 Å². The summed E-state index contributed by atoms with van der Waals surface area (Å²) in [5.41, 5.74) is 9.96. The number of benzene rings is 2. The minimum Gasteiger partial charge on any atom is -0.384 e. The molecule has 1 aromatic heterocycles. The quantitative estimate of drug-likeness (QED) is 0.286. The van der Waals surface area contributed by atoms with E-state index in [9.17, 15) is 14.9 Å². The molecule has 1 aliphatic carbocycles. The lowest BCUT2D eigenvalue weighted by Crippen LogP contribution is -2.42. The van der Waals surface area contributed by atoms with Crippen molar-refractivity contribution in [3.63, 3.8) is 0 Å². The van der Waals surface area contributed by atoms with Crippen molar-refractivity contribution in [3.05, 3.63) is 86.3 Å². The number of halogens is 2. The number of rotatable bonds is 6. The van der Waals surface area contributed by atoms with Crippen LogP contribution >= 0.6 is 46.3 Å². The molecule has 2 aliphatic rings. The minimum absolute atomic E-state index is 0.0884. The van der Waals surface area contributed by atoms with E-state index in [1.54, 1.807) is 23.1 Å². The van der Waals surface area contributed by atoms with Gasteiger partial charge in [-0.25, -0.2) is 0 Å². The maximum absolute atomic E-state index is 13.7. The van der Waals surface area contributed by atoms with E-state index in [2.05, 4.69) is 21.6 Å². The Morgan fingerprint density at radius 3 is 2.73 bits per heavy atom. The predicted molar refractivity (Wildman–Crippen MR) is 164 cm³/mol. The molecule has 0 spiro atoms. The second-order valence-electron chi connectivity index (χ2n) is 10.7. The second kappa shape index (κ2) is 11.5. The lowest BCUT2D eigenvalue weighted by molar-refractivity contribution is -0.118. The number of allylic oxidation sites excluding steroid dienone is 3. The molecule has 0 fully saturated rings. The highest BCUT2D eigenvalue weighted by molar-refractivity contribution is 8.01. The second-order valence-corrected chi connectivity index (χ2v) is 13.6. The lowest BCUT2D eigenvalue weighted by Gasteiger charge is -2.42. The zero-order chi connectivity index (χ0) is 29.5. The van der Waals surface area contributed by atoms with Crippen molar-refractivity contribution in [2.24, 2.45) is 11.1 Å². The van der Waals surface area contributed by atoms with E-state index in [0.29, 0.717) is 44.2 Å². The first-order chi connectivity index (χ1) is 19.5. The fourth-order valence-corrected chi connectivity index (χ4v) is 7.28. The summed E-state index contributed by atoms with van der Waals surface area (Å²) in [5, 5.41) is 22.8. The molecule has 0 saturated carbocycles. The van der Waals surface area contributed by atoms with E-state index in [4.69, 9.17) is 28.9 Å². The van der Waals surface area contributed by atoms with Gasteiger partial charge in [-0.15, -0.1) is 10.2 Å². The van der Waals surface area contributed by atoms with Crippen molar-refractivity contribution in [3.8, 4) is 6.07 Å². The summed E-state index contributed by atoms with van der Waals surface area (Å²) in [7, 11) is 0. The first kappa shape index (κ1) is 29.1. The first-order valence-electron chi connectivity index (χ1n) is 12.7. The van der Waals surface area contributed by atoms with Crippen LogP contribution in [0.3, 0.4) is 0 Å². The van der Waals surface area contributed by atoms with Gasteiger partial charge in [0.2, 0.25) is 11.0 Å². The number of amides is 1. The lowest BCUT2D eigenvalue weighted by atomic mass is 9.68. The number of aryl methyl sites for hydroxylation is 1. The van der Waals surface area contributed by atoms with Crippen LogP contribution in [0.5, 0.6) is 0 Å². The number of nitriles is 1. The Labute approximate surface area is 256 Å². The van der Waals surface area contributed by atoms with Gasteiger partial charge < -0.3 is 11.1 Å². The van der Waals surface area contributed by atoms with Crippen LogP contribution in [0.1, 0.15) is 43.7 Å². The smallest absolute Gasteiger partial charge is 0.234 e. The Morgan fingerprint density at radius 1 is 1.24 bits per heavy atom. The van der Waals surface area contributed by atoms with Gasteiger partial charge in [0.1, 0.15) is 5.82 Å². The SMILES string of the molecule is Cc1cccc(NC(=O)CSc2nnc(N3C(N)=C(C#N)C(c4cccc(Cl)c4Cl)C4=C3CC(C)(C)CC4=O)s2)c1. The molecule has 3 aromatic rings. The van der Waals surface area contributed by atoms with E-state index in [1.165, 1.54) is 23.1 Å². The minimum atomic E-state index is -0.756. The summed E-state index contributed by atoms with van der Waals surface area (Å²) in [4.78, 5) is 27.9. The summed E-state index contributed by atoms with van der Waals surface area (Å²) < 4.78 is 0.550. The third kappa shape index (κ3) is 5.86. The van der Waals surface area contributed by atoms with Crippen LogP contribution in [0.4, 0.5) is 10.8 Å². The maximum Gasteiger partial charge on any atom is 0.234 e. The highest BCUT2D eigenvalue weighted by Gasteiger charge is 2.46. The van der Waals surface area contributed by atoms with Crippen molar-refractivity contribution < 1.29 is 9.59 Å². The Morgan fingerprint density at radius 2 is 2.00 bits per heavy atom. The number of carbonyl (C=O) groups excluding carboxylic acids is 2. The molecule has 41 heavy (non-hydrogen) atoms. The number of thioether (sulfide) groups is 1. The summed E-state index contributed by atoms with van der Waals surface area (Å²) in [5.74, 6) is -0.732. The van der Waals surface area contributed by atoms with Crippen molar-refractivity contribution in [1.82, 2.24) is 10.2 Å². The average Bonchev–Trinajstić information content (AvgIpc) is 3.36. The number of nitrogens with two attached hydrogens (primary N) is 1. The van der Waals surface area contributed by atoms with Crippen molar-refractivity contribution >= 4 is 68.8 Å². The monoisotopic (exact) mass is 624 g/mol. The molecule has 1 atom stereocenters. The third-order valence-corrected chi connectivity index (χ3v) is 9.76. The van der Waals surface area contributed by atoms with Gasteiger partial charge in [-0.05, 0) is 48.1 Å². The fourth-order valence-electron chi connectivity index (χ4n) is 5.18. The Hall–Kier alpha value is -3.36. The number of nitrogens with zero attached hydrogens (tertiary/aromatic N) is 4. The average molecular weight is 626 g/mol. The van der Waals surface area contributed by atoms with Gasteiger partial charge in [0, 0.05) is 23.4 Å². The molecular weight excluding hydrogens is 599 g/mol. The number of hydrogen-bond acceptors (Lipinski definition) is 9. The Bertz CT molecular complexity index is 1670. The highest BCUT2D eigenvalue weighted by atomic mass is 35.5. The van der Waals surface area contributed by atoms with Crippen LogP contribution in [-0.2, 0) is 9.59 Å². The molecule has 3 N–H and O–H groups in total. The largest absolute Gasteiger partial charge is 0.384 e. The van der Waals surface area contributed by atoms with E-state index in [0.717, 1.165) is 11.3 Å². The molecule has 0 radical (unpaired) electrons. The molecule has 5 rings (SSSR count).